The molecule has 1 heterocycles. The van der Waals surface area contributed by atoms with Gasteiger partial charge in [0.05, 0.1) is 17.2 Å². The second-order valence-electron chi connectivity index (χ2n) is 4.89. The van der Waals surface area contributed by atoms with E-state index in [4.69, 9.17) is 5.26 Å². The van der Waals surface area contributed by atoms with Crippen molar-refractivity contribution < 1.29 is 4.79 Å². The van der Waals surface area contributed by atoms with Crippen molar-refractivity contribution >= 4 is 17.5 Å². The lowest BCUT2D eigenvalue weighted by atomic mass is 10.2. The number of hydrogen-bond acceptors (Lipinski definition) is 5. The largest absolute Gasteiger partial charge is 0.350 e. The van der Waals surface area contributed by atoms with Gasteiger partial charge >= 0.3 is 0 Å². The Morgan fingerprint density at radius 3 is 2.45 bits per heavy atom. The van der Waals surface area contributed by atoms with Crippen molar-refractivity contribution in [2.24, 2.45) is 0 Å². The van der Waals surface area contributed by atoms with E-state index in [0.29, 0.717) is 17.1 Å². The second-order valence-corrected chi connectivity index (χ2v) is 4.89. The van der Waals surface area contributed by atoms with Gasteiger partial charge in [-0.3, -0.25) is 4.79 Å². The van der Waals surface area contributed by atoms with E-state index in [2.05, 4.69) is 26.7 Å². The zero-order valence-electron chi connectivity index (χ0n) is 12.5. The van der Waals surface area contributed by atoms with E-state index in [1.165, 1.54) is 12.4 Å². The zero-order chi connectivity index (χ0) is 15.9. The molecule has 1 aromatic heterocycles. The van der Waals surface area contributed by atoms with Crippen molar-refractivity contribution in [1.29, 1.82) is 5.26 Å². The molecule has 1 atom stereocenters. The van der Waals surface area contributed by atoms with Gasteiger partial charge in [-0.15, -0.1) is 0 Å². The van der Waals surface area contributed by atoms with Crippen molar-refractivity contribution in [3.8, 4) is 6.07 Å². The Morgan fingerprint density at radius 1 is 1.27 bits per heavy atom. The number of nitrogens with zero attached hydrogens (tertiary/aromatic N) is 3. The number of benzene rings is 1. The summed E-state index contributed by atoms with van der Waals surface area (Å²) in [6, 6.07) is 9.12. The molecule has 2 aromatic rings. The summed E-state index contributed by atoms with van der Waals surface area (Å²) in [5.74, 6) is 0.212. The average molecular weight is 295 g/mol. The molecule has 22 heavy (non-hydrogen) atoms. The first-order chi connectivity index (χ1) is 10.6. The van der Waals surface area contributed by atoms with E-state index in [-0.39, 0.29) is 11.9 Å². The maximum absolute atomic E-state index is 11.9. The van der Waals surface area contributed by atoms with E-state index in [9.17, 15) is 4.79 Å². The predicted octanol–water partition coefficient (Wildman–Crippen LogP) is 2.62. The van der Waals surface area contributed by atoms with Gasteiger partial charge in [-0.1, -0.05) is 6.92 Å². The van der Waals surface area contributed by atoms with Crippen molar-refractivity contribution in [2.45, 2.75) is 26.3 Å². The molecule has 0 radical (unpaired) electrons. The number of aromatic nitrogens is 2. The van der Waals surface area contributed by atoms with Crippen LogP contribution in [0.5, 0.6) is 0 Å². The van der Waals surface area contributed by atoms with Gasteiger partial charge in [-0.05, 0) is 37.6 Å². The molecular weight excluding hydrogens is 278 g/mol. The standard InChI is InChI=1S/C16H17N5O/c1-3-11(2)20-15(22)13-9-18-16(19-10-13)21-14-6-4-12(8-17)5-7-14/h4-7,9-11H,3H2,1-2H3,(H,20,22)(H,18,19,21). The molecule has 2 rings (SSSR count). The van der Waals surface area contributed by atoms with Crippen LogP contribution >= 0.6 is 0 Å². The number of nitrogens with one attached hydrogen (secondary N) is 2. The monoisotopic (exact) mass is 295 g/mol. The molecular formula is C16H17N5O. The molecule has 0 aliphatic carbocycles. The fourth-order valence-corrected chi connectivity index (χ4v) is 1.68. The first-order valence-electron chi connectivity index (χ1n) is 7.02. The highest BCUT2D eigenvalue weighted by Crippen LogP contribution is 2.13. The number of carbonyl (C=O) groups excluding carboxylic acids is 1. The minimum atomic E-state index is -0.181. The third kappa shape index (κ3) is 4.03. The van der Waals surface area contributed by atoms with E-state index < -0.39 is 0 Å². The molecule has 6 nitrogen and oxygen atoms in total. The SMILES string of the molecule is CCC(C)NC(=O)c1cnc(Nc2ccc(C#N)cc2)nc1. The Balaban J connectivity index is 2.02. The number of amides is 1. The van der Waals surface area contributed by atoms with Crippen LogP contribution in [0.1, 0.15) is 36.2 Å². The van der Waals surface area contributed by atoms with E-state index in [0.717, 1.165) is 12.1 Å². The van der Waals surface area contributed by atoms with Crippen LogP contribution in [0.2, 0.25) is 0 Å². The van der Waals surface area contributed by atoms with Crippen molar-refractivity contribution in [2.75, 3.05) is 5.32 Å². The summed E-state index contributed by atoms with van der Waals surface area (Å²) in [5.41, 5.74) is 1.78. The molecule has 0 fully saturated rings. The van der Waals surface area contributed by atoms with Crippen LogP contribution in [-0.4, -0.2) is 21.9 Å². The maximum atomic E-state index is 11.9. The highest BCUT2D eigenvalue weighted by Gasteiger charge is 2.09. The first kappa shape index (κ1) is 15.4. The summed E-state index contributed by atoms with van der Waals surface area (Å²) in [4.78, 5) is 20.2. The van der Waals surface area contributed by atoms with Crippen LogP contribution in [0.15, 0.2) is 36.7 Å². The van der Waals surface area contributed by atoms with E-state index in [1.807, 2.05) is 13.8 Å². The van der Waals surface area contributed by atoms with Crippen LogP contribution in [0.4, 0.5) is 11.6 Å². The van der Waals surface area contributed by atoms with Gasteiger partial charge in [0.25, 0.3) is 5.91 Å². The average Bonchev–Trinajstić information content (AvgIpc) is 2.56. The minimum absolute atomic E-state index is 0.115. The van der Waals surface area contributed by atoms with Gasteiger partial charge in [-0.25, -0.2) is 9.97 Å². The zero-order valence-corrected chi connectivity index (χ0v) is 12.5. The van der Waals surface area contributed by atoms with Crippen LogP contribution in [0.3, 0.4) is 0 Å². The van der Waals surface area contributed by atoms with Crippen LogP contribution in [-0.2, 0) is 0 Å². The van der Waals surface area contributed by atoms with Gasteiger partial charge in [0.1, 0.15) is 0 Å². The van der Waals surface area contributed by atoms with Gasteiger partial charge < -0.3 is 10.6 Å². The van der Waals surface area contributed by atoms with Crippen molar-refractivity contribution in [1.82, 2.24) is 15.3 Å². The number of nitriles is 1. The quantitative estimate of drug-likeness (QED) is 0.884. The molecule has 1 amide bonds. The lowest BCUT2D eigenvalue weighted by molar-refractivity contribution is 0.0938. The Hall–Kier alpha value is -2.94. The number of rotatable bonds is 5. The molecule has 1 unspecified atom stereocenters. The smallest absolute Gasteiger partial charge is 0.254 e. The molecule has 1 aromatic carbocycles. The summed E-state index contributed by atoms with van der Waals surface area (Å²) >= 11 is 0. The Bertz CT molecular complexity index is 673. The minimum Gasteiger partial charge on any atom is -0.350 e. The lowest BCUT2D eigenvalue weighted by Gasteiger charge is -2.11. The normalized spacial score (nSPS) is 11.3. The molecule has 0 bridgehead atoms. The van der Waals surface area contributed by atoms with Crippen LogP contribution in [0.25, 0.3) is 0 Å². The first-order valence-corrected chi connectivity index (χ1v) is 7.02. The third-order valence-electron chi connectivity index (χ3n) is 3.17. The lowest BCUT2D eigenvalue weighted by Crippen LogP contribution is -2.32. The Morgan fingerprint density at radius 2 is 1.91 bits per heavy atom. The van der Waals surface area contributed by atoms with Gasteiger partial charge in [0.15, 0.2) is 0 Å². The Labute approximate surface area is 129 Å². The highest BCUT2D eigenvalue weighted by molar-refractivity contribution is 5.93. The fourth-order valence-electron chi connectivity index (χ4n) is 1.68. The van der Waals surface area contributed by atoms with Gasteiger partial charge in [-0.2, -0.15) is 5.26 Å². The summed E-state index contributed by atoms with van der Waals surface area (Å²) < 4.78 is 0. The van der Waals surface area contributed by atoms with E-state index in [1.54, 1.807) is 24.3 Å². The maximum Gasteiger partial charge on any atom is 0.254 e. The third-order valence-corrected chi connectivity index (χ3v) is 3.17. The van der Waals surface area contributed by atoms with Crippen molar-refractivity contribution in [3.63, 3.8) is 0 Å². The molecule has 0 spiro atoms. The topological polar surface area (TPSA) is 90.7 Å². The second kappa shape index (κ2) is 7.18. The summed E-state index contributed by atoms with van der Waals surface area (Å²) in [5, 5.41) is 14.6. The summed E-state index contributed by atoms with van der Waals surface area (Å²) in [6.07, 6.45) is 3.83. The number of anilines is 2. The predicted molar refractivity (Wildman–Crippen MR) is 83.7 cm³/mol. The van der Waals surface area contributed by atoms with Gasteiger partial charge in [0.2, 0.25) is 5.95 Å². The summed E-state index contributed by atoms with van der Waals surface area (Å²) in [6.45, 7) is 3.95. The van der Waals surface area contributed by atoms with Crippen LogP contribution < -0.4 is 10.6 Å². The van der Waals surface area contributed by atoms with E-state index >= 15 is 0 Å². The van der Waals surface area contributed by atoms with Crippen molar-refractivity contribution in [3.05, 3.63) is 47.8 Å². The molecule has 112 valence electrons. The van der Waals surface area contributed by atoms with Crippen LogP contribution in [0, 0.1) is 11.3 Å². The molecule has 6 heteroatoms. The molecule has 0 saturated carbocycles. The molecule has 0 aliphatic heterocycles. The Kier molecular flexibility index (Phi) is 5.04. The van der Waals surface area contributed by atoms with Gasteiger partial charge in [0, 0.05) is 24.1 Å². The highest BCUT2D eigenvalue weighted by atomic mass is 16.1. The fraction of sp³-hybridized carbons (Fsp3) is 0.250. The molecule has 2 N–H and O–H groups in total. The summed E-state index contributed by atoms with van der Waals surface area (Å²) in [7, 11) is 0. The molecule has 0 aliphatic rings. The number of carbonyl (C=O) groups is 1. The molecule has 0 saturated heterocycles. The number of hydrogen-bond donors (Lipinski definition) is 2.